The minimum atomic E-state index is -0.278. The third-order valence-electron chi connectivity index (χ3n) is 2.80. The van der Waals surface area contributed by atoms with Gasteiger partial charge in [0.25, 0.3) is 5.91 Å². The summed E-state index contributed by atoms with van der Waals surface area (Å²) < 4.78 is 0. The molecule has 4 nitrogen and oxygen atoms in total. The lowest BCUT2D eigenvalue weighted by Gasteiger charge is -2.00. The molecule has 3 N–H and O–H groups in total. The van der Waals surface area contributed by atoms with Crippen molar-refractivity contribution in [3.8, 4) is 0 Å². The number of amides is 1. The van der Waals surface area contributed by atoms with E-state index in [-0.39, 0.29) is 18.2 Å². The SMILES string of the molecule is NC(/C=C\Nc1ccc(Cl)cc1)=NC(=O)Cc1ccccc1. The number of amidine groups is 1. The molecule has 0 aliphatic rings. The lowest BCUT2D eigenvalue weighted by atomic mass is 10.1. The molecule has 0 radical (unpaired) electrons. The van der Waals surface area contributed by atoms with Gasteiger partial charge in [0.2, 0.25) is 0 Å². The van der Waals surface area contributed by atoms with E-state index in [0.717, 1.165) is 11.3 Å². The summed E-state index contributed by atoms with van der Waals surface area (Å²) in [5.41, 5.74) is 7.47. The van der Waals surface area contributed by atoms with Crippen LogP contribution in [0.3, 0.4) is 0 Å². The smallest absolute Gasteiger partial charge is 0.252 e. The van der Waals surface area contributed by atoms with Gasteiger partial charge in [0.1, 0.15) is 5.84 Å². The predicted octanol–water partition coefficient (Wildman–Crippen LogP) is 3.39. The first-order chi connectivity index (χ1) is 10.6. The molecule has 0 atom stereocenters. The van der Waals surface area contributed by atoms with E-state index in [1.165, 1.54) is 6.08 Å². The average molecular weight is 314 g/mol. The molecule has 0 bridgehead atoms. The quantitative estimate of drug-likeness (QED) is 0.656. The highest BCUT2D eigenvalue weighted by Gasteiger charge is 2.01. The molecule has 0 unspecified atom stereocenters. The van der Waals surface area contributed by atoms with Crippen LogP contribution in [0.5, 0.6) is 0 Å². The van der Waals surface area contributed by atoms with Crippen molar-refractivity contribution in [1.29, 1.82) is 0 Å². The summed E-state index contributed by atoms with van der Waals surface area (Å²) in [7, 11) is 0. The third-order valence-corrected chi connectivity index (χ3v) is 3.05. The van der Waals surface area contributed by atoms with Crippen molar-refractivity contribution in [1.82, 2.24) is 0 Å². The third kappa shape index (κ3) is 5.42. The molecule has 0 aliphatic carbocycles. The van der Waals surface area contributed by atoms with E-state index in [2.05, 4.69) is 10.3 Å². The maximum Gasteiger partial charge on any atom is 0.252 e. The molecule has 2 rings (SSSR count). The minimum absolute atomic E-state index is 0.155. The number of benzene rings is 2. The molecule has 22 heavy (non-hydrogen) atoms. The minimum Gasteiger partial charge on any atom is -0.384 e. The largest absolute Gasteiger partial charge is 0.384 e. The molecule has 0 aliphatic heterocycles. The maximum absolute atomic E-state index is 11.8. The fourth-order valence-electron chi connectivity index (χ4n) is 1.76. The van der Waals surface area contributed by atoms with Crippen molar-refractivity contribution >= 4 is 29.0 Å². The molecule has 0 heterocycles. The van der Waals surface area contributed by atoms with E-state index < -0.39 is 0 Å². The van der Waals surface area contributed by atoms with Crippen molar-refractivity contribution in [3.05, 3.63) is 77.5 Å². The van der Waals surface area contributed by atoms with E-state index in [9.17, 15) is 4.79 Å². The van der Waals surface area contributed by atoms with E-state index in [0.29, 0.717) is 5.02 Å². The summed E-state index contributed by atoms with van der Waals surface area (Å²) in [6.45, 7) is 0. The molecule has 0 spiro atoms. The zero-order valence-electron chi connectivity index (χ0n) is 11.9. The highest BCUT2D eigenvalue weighted by Crippen LogP contribution is 2.13. The number of nitrogens with two attached hydrogens (primary N) is 1. The van der Waals surface area contributed by atoms with E-state index >= 15 is 0 Å². The average Bonchev–Trinajstić information content (AvgIpc) is 2.50. The standard InChI is InChI=1S/C17H16ClN3O/c18-14-6-8-15(9-7-14)20-11-10-16(19)21-17(22)12-13-4-2-1-3-5-13/h1-11,20H,12H2,(H2,19,21,22)/b11-10-. The summed E-state index contributed by atoms with van der Waals surface area (Å²) in [5, 5.41) is 3.68. The number of aliphatic imine (C=N–C) groups is 1. The Morgan fingerprint density at radius 3 is 2.50 bits per heavy atom. The normalized spacial score (nSPS) is 11.6. The molecule has 0 aromatic heterocycles. The van der Waals surface area contributed by atoms with Crippen LogP contribution in [-0.2, 0) is 11.2 Å². The summed E-state index contributed by atoms with van der Waals surface area (Å²) in [4.78, 5) is 15.6. The first kappa shape index (κ1) is 15.8. The first-order valence-electron chi connectivity index (χ1n) is 6.73. The number of carbonyl (C=O) groups is 1. The zero-order chi connectivity index (χ0) is 15.8. The molecule has 2 aromatic carbocycles. The number of hydrogen-bond donors (Lipinski definition) is 2. The van der Waals surface area contributed by atoms with Gasteiger partial charge in [-0.2, -0.15) is 4.99 Å². The van der Waals surface area contributed by atoms with E-state index in [1.807, 2.05) is 42.5 Å². The molecule has 112 valence electrons. The van der Waals surface area contributed by atoms with Crippen LogP contribution in [-0.4, -0.2) is 11.7 Å². The van der Waals surface area contributed by atoms with Crippen LogP contribution in [0.4, 0.5) is 5.69 Å². The molecular formula is C17H16ClN3O. The van der Waals surface area contributed by atoms with Crippen LogP contribution in [0.1, 0.15) is 5.56 Å². The van der Waals surface area contributed by atoms with Gasteiger partial charge in [-0.05, 0) is 35.9 Å². The summed E-state index contributed by atoms with van der Waals surface area (Å²) in [5.74, 6) is -0.123. The predicted molar refractivity (Wildman–Crippen MR) is 91.0 cm³/mol. The molecule has 0 fully saturated rings. The van der Waals surface area contributed by atoms with Crippen molar-refractivity contribution < 1.29 is 4.79 Å². The summed E-state index contributed by atoms with van der Waals surface area (Å²) >= 11 is 5.80. The van der Waals surface area contributed by atoms with Gasteiger partial charge in [-0.25, -0.2) is 0 Å². The highest BCUT2D eigenvalue weighted by molar-refractivity contribution is 6.30. The second kappa shape index (κ2) is 8.00. The first-order valence-corrected chi connectivity index (χ1v) is 7.11. The Kier molecular flexibility index (Phi) is 5.74. The number of carbonyl (C=O) groups excluding carboxylic acids is 1. The summed E-state index contributed by atoms with van der Waals surface area (Å²) in [6.07, 6.45) is 3.40. The summed E-state index contributed by atoms with van der Waals surface area (Å²) in [6, 6.07) is 16.6. The van der Waals surface area contributed by atoms with Gasteiger partial charge in [0.15, 0.2) is 0 Å². The number of halogens is 1. The van der Waals surface area contributed by atoms with E-state index in [1.54, 1.807) is 18.3 Å². The highest BCUT2D eigenvalue weighted by atomic mass is 35.5. The lowest BCUT2D eigenvalue weighted by Crippen LogP contribution is -2.12. The van der Waals surface area contributed by atoms with Crippen molar-refractivity contribution in [2.75, 3.05) is 5.32 Å². The van der Waals surface area contributed by atoms with E-state index in [4.69, 9.17) is 17.3 Å². The van der Waals surface area contributed by atoms with Gasteiger partial charge in [-0.15, -0.1) is 0 Å². The van der Waals surface area contributed by atoms with Crippen molar-refractivity contribution in [2.24, 2.45) is 10.7 Å². The van der Waals surface area contributed by atoms with Crippen LogP contribution < -0.4 is 11.1 Å². The molecule has 2 aromatic rings. The number of hydrogen-bond acceptors (Lipinski definition) is 2. The van der Waals surface area contributed by atoms with Crippen LogP contribution in [0.2, 0.25) is 5.02 Å². The Labute approximate surface area is 134 Å². The topological polar surface area (TPSA) is 67.5 Å². The van der Waals surface area contributed by atoms with Gasteiger partial charge >= 0.3 is 0 Å². The molecule has 5 heteroatoms. The Bertz CT molecular complexity index is 679. The van der Waals surface area contributed by atoms with Gasteiger partial charge in [0.05, 0.1) is 6.42 Å². The number of anilines is 1. The van der Waals surface area contributed by atoms with Crippen molar-refractivity contribution in [2.45, 2.75) is 6.42 Å². The molecule has 0 saturated heterocycles. The molecule has 0 saturated carbocycles. The monoisotopic (exact) mass is 313 g/mol. The van der Waals surface area contributed by atoms with Crippen LogP contribution in [0, 0.1) is 0 Å². The van der Waals surface area contributed by atoms with Gasteiger partial charge in [0, 0.05) is 16.9 Å². The number of rotatable bonds is 5. The molecule has 1 amide bonds. The maximum atomic E-state index is 11.8. The Morgan fingerprint density at radius 2 is 1.82 bits per heavy atom. The van der Waals surface area contributed by atoms with Gasteiger partial charge < -0.3 is 11.1 Å². The zero-order valence-corrected chi connectivity index (χ0v) is 12.6. The van der Waals surface area contributed by atoms with Gasteiger partial charge in [-0.1, -0.05) is 41.9 Å². The van der Waals surface area contributed by atoms with Gasteiger partial charge in [-0.3, -0.25) is 4.79 Å². The number of nitrogens with zero attached hydrogens (tertiary/aromatic N) is 1. The Balaban J connectivity index is 1.87. The van der Waals surface area contributed by atoms with Crippen LogP contribution in [0.25, 0.3) is 0 Å². The fraction of sp³-hybridized carbons (Fsp3) is 0.0588. The number of nitrogens with one attached hydrogen (secondary N) is 1. The molecular weight excluding hydrogens is 298 g/mol. The fourth-order valence-corrected chi connectivity index (χ4v) is 1.89. The van der Waals surface area contributed by atoms with Crippen molar-refractivity contribution in [3.63, 3.8) is 0 Å². The second-order valence-corrected chi connectivity index (χ2v) is 5.01. The Morgan fingerprint density at radius 1 is 1.14 bits per heavy atom. The lowest BCUT2D eigenvalue weighted by molar-refractivity contribution is -0.117. The Hall–Kier alpha value is -2.59. The second-order valence-electron chi connectivity index (χ2n) is 4.58. The van der Waals surface area contributed by atoms with Crippen LogP contribution >= 0.6 is 11.6 Å². The van der Waals surface area contributed by atoms with Crippen LogP contribution in [0.15, 0.2) is 71.9 Å².